The molecule has 7 heteroatoms. The SMILES string of the molecule is CC[C@@H](Nc1c(Nc2cc(C)cc(C(=O)N(C)C)c2O)c(=O)c1=O)c1ccccc1. The van der Waals surface area contributed by atoms with Gasteiger partial charge in [0.05, 0.1) is 17.3 Å². The minimum absolute atomic E-state index is 0.0820. The van der Waals surface area contributed by atoms with E-state index in [9.17, 15) is 19.5 Å². The standard InChI is InChI=1S/C23H25N3O4/c1-5-16(14-9-7-6-8-10-14)24-18-19(22(29)21(18)28)25-17-12-13(2)11-15(20(17)27)23(30)26(3)4/h6-12,16,24-25,27H,5H2,1-4H3/t16-/m1/s1. The maximum absolute atomic E-state index is 12.4. The number of rotatable bonds is 7. The molecule has 3 aromatic carbocycles. The predicted octanol–water partition coefficient (Wildman–Crippen LogP) is 3.31. The van der Waals surface area contributed by atoms with Crippen molar-refractivity contribution in [1.82, 2.24) is 4.90 Å². The summed E-state index contributed by atoms with van der Waals surface area (Å²) < 4.78 is 0. The van der Waals surface area contributed by atoms with Crippen molar-refractivity contribution in [3.63, 3.8) is 0 Å². The minimum atomic E-state index is -0.665. The molecule has 0 aliphatic heterocycles. The Morgan fingerprint density at radius 1 is 1.07 bits per heavy atom. The van der Waals surface area contributed by atoms with Gasteiger partial charge in [0.1, 0.15) is 11.4 Å². The van der Waals surface area contributed by atoms with Crippen LogP contribution in [0.15, 0.2) is 52.1 Å². The number of carbonyl (C=O) groups is 1. The lowest BCUT2D eigenvalue weighted by Gasteiger charge is -2.22. The van der Waals surface area contributed by atoms with Crippen molar-refractivity contribution in [2.75, 3.05) is 24.7 Å². The number of phenols is 1. The van der Waals surface area contributed by atoms with Crippen LogP contribution >= 0.6 is 0 Å². The van der Waals surface area contributed by atoms with Gasteiger partial charge in [0.15, 0.2) is 5.75 Å². The van der Waals surface area contributed by atoms with Crippen molar-refractivity contribution < 1.29 is 9.90 Å². The Bertz CT molecular complexity index is 1150. The van der Waals surface area contributed by atoms with E-state index < -0.39 is 10.9 Å². The molecular weight excluding hydrogens is 382 g/mol. The van der Waals surface area contributed by atoms with Crippen molar-refractivity contribution in [3.05, 3.63) is 79.6 Å². The Balaban J connectivity index is 1.95. The Labute approximate surface area is 174 Å². The summed E-state index contributed by atoms with van der Waals surface area (Å²) in [4.78, 5) is 38.2. The topological polar surface area (TPSA) is 98.7 Å². The highest BCUT2D eigenvalue weighted by Gasteiger charge is 2.25. The number of hydrogen-bond acceptors (Lipinski definition) is 6. The van der Waals surface area contributed by atoms with Gasteiger partial charge in [0.25, 0.3) is 16.8 Å². The van der Waals surface area contributed by atoms with Gasteiger partial charge < -0.3 is 20.6 Å². The molecule has 3 rings (SSSR count). The molecule has 0 radical (unpaired) electrons. The summed E-state index contributed by atoms with van der Waals surface area (Å²) in [6, 6.07) is 12.7. The van der Waals surface area contributed by atoms with Crippen LogP contribution in [0.4, 0.5) is 17.1 Å². The lowest BCUT2D eigenvalue weighted by Crippen LogP contribution is -2.37. The van der Waals surface area contributed by atoms with Gasteiger partial charge in [-0.2, -0.15) is 0 Å². The number of nitrogens with one attached hydrogen (secondary N) is 2. The third-order valence-corrected chi connectivity index (χ3v) is 4.99. The average molecular weight is 407 g/mol. The second kappa shape index (κ2) is 8.41. The number of hydrogen-bond donors (Lipinski definition) is 3. The summed E-state index contributed by atoms with van der Waals surface area (Å²) in [5, 5.41) is 16.6. The predicted molar refractivity (Wildman–Crippen MR) is 119 cm³/mol. The molecule has 1 amide bonds. The van der Waals surface area contributed by atoms with Crippen molar-refractivity contribution in [3.8, 4) is 5.75 Å². The lowest BCUT2D eigenvalue weighted by molar-refractivity contribution is 0.0824. The zero-order valence-electron chi connectivity index (χ0n) is 17.4. The first kappa shape index (κ1) is 21.1. The number of aromatic hydroxyl groups is 1. The second-order valence-electron chi connectivity index (χ2n) is 7.46. The minimum Gasteiger partial charge on any atom is -0.505 e. The van der Waals surface area contributed by atoms with Gasteiger partial charge >= 0.3 is 0 Å². The smallest absolute Gasteiger partial charge is 0.257 e. The molecule has 0 aliphatic rings. The van der Waals surface area contributed by atoms with E-state index in [4.69, 9.17) is 0 Å². The van der Waals surface area contributed by atoms with Gasteiger partial charge in [-0.1, -0.05) is 37.3 Å². The Morgan fingerprint density at radius 3 is 2.30 bits per heavy atom. The second-order valence-corrected chi connectivity index (χ2v) is 7.46. The van der Waals surface area contributed by atoms with Crippen LogP contribution in [-0.2, 0) is 0 Å². The molecule has 0 aromatic heterocycles. The highest BCUT2D eigenvalue weighted by molar-refractivity contribution is 5.99. The van der Waals surface area contributed by atoms with E-state index in [0.29, 0.717) is 6.42 Å². The molecule has 0 saturated heterocycles. The third-order valence-electron chi connectivity index (χ3n) is 4.99. The van der Waals surface area contributed by atoms with Crippen molar-refractivity contribution in [2.45, 2.75) is 26.3 Å². The van der Waals surface area contributed by atoms with Crippen LogP contribution < -0.4 is 21.5 Å². The molecule has 0 fully saturated rings. The number of anilines is 3. The number of benzene rings is 2. The maximum Gasteiger partial charge on any atom is 0.257 e. The highest BCUT2D eigenvalue weighted by Crippen LogP contribution is 2.34. The van der Waals surface area contributed by atoms with Crippen molar-refractivity contribution in [1.29, 1.82) is 0 Å². The molecule has 0 unspecified atom stereocenters. The Hall–Kier alpha value is -3.61. The van der Waals surface area contributed by atoms with E-state index in [1.165, 1.54) is 4.90 Å². The quantitative estimate of drug-likeness (QED) is 0.411. The molecule has 0 bridgehead atoms. The lowest BCUT2D eigenvalue weighted by atomic mass is 10.0. The molecule has 0 aliphatic carbocycles. The summed E-state index contributed by atoms with van der Waals surface area (Å²) in [6.45, 7) is 3.76. The van der Waals surface area contributed by atoms with E-state index in [0.717, 1.165) is 11.1 Å². The summed E-state index contributed by atoms with van der Waals surface area (Å²) in [5.41, 5.74) is 1.02. The van der Waals surface area contributed by atoms with Crippen LogP contribution in [0.2, 0.25) is 0 Å². The van der Waals surface area contributed by atoms with Gasteiger partial charge in [0, 0.05) is 14.1 Å². The Morgan fingerprint density at radius 2 is 1.70 bits per heavy atom. The highest BCUT2D eigenvalue weighted by atomic mass is 16.3. The van der Waals surface area contributed by atoms with Crippen LogP contribution in [0.5, 0.6) is 5.75 Å². The first-order valence-corrected chi connectivity index (χ1v) is 9.71. The van der Waals surface area contributed by atoms with Crippen LogP contribution in [-0.4, -0.2) is 30.0 Å². The van der Waals surface area contributed by atoms with Crippen LogP contribution in [0, 0.1) is 6.92 Å². The summed E-state index contributed by atoms with van der Waals surface area (Å²) >= 11 is 0. The summed E-state index contributed by atoms with van der Waals surface area (Å²) in [5.74, 6) is -0.633. The molecular formula is C23H25N3O4. The molecule has 30 heavy (non-hydrogen) atoms. The fourth-order valence-electron chi connectivity index (χ4n) is 3.34. The fourth-order valence-corrected chi connectivity index (χ4v) is 3.34. The maximum atomic E-state index is 12.4. The number of aryl methyl sites for hydroxylation is 1. The molecule has 0 heterocycles. The number of nitrogens with zero attached hydrogens (tertiary/aromatic N) is 1. The normalized spacial score (nSPS) is 11.9. The van der Waals surface area contributed by atoms with Crippen molar-refractivity contribution in [2.24, 2.45) is 0 Å². The van der Waals surface area contributed by atoms with Gasteiger partial charge in [-0.25, -0.2) is 0 Å². The molecule has 3 aromatic rings. The zero-order valence-corrected chi connectivity index (χ0v) is 17.4. The largest absolute Gasteiger partial charge is 0.505 e. The number of carbonyl (C=O) groups excluding carboxylic acids is 1. The molecule has 3 N–H and O–H groups in total. The number of phenolic OH excluding ortho intramolecular Hbond substituents is 1. The van der Waals surface area contributed by atoms with E-state index in [1.54, 1.807) is 33.2 Å². The van der Waals surface area contributed by atoms with Crippen molar-refractivity contribution >= 4 is 23.0 Å². The monoisotopic (exact) mass is 407 g/mol. The molecule has 1 atom stereocenters. The molecule has 156 valence electrons. The fraction of sp³-hybridized carbons (Fsp3) is 0.261. The first-order chi connectivity index (χ1) is 14.2. The summed E-state index contributed by atoms with van der Waals surface area (Å²) in [6.07, 6.45) is 0.708. The zero-order chi connectivity index (χ0) is 22.0. The molecule has 7 nitrogen and oxygen atoms in total. The van der Waals surface area contributed by atoms with Crippen LogP contribution in [0.25, 0.3) is 0 Å². The van der Waals surface area contributed by atoms with Gasteiger partial charge in [0.2, 0.25) is 0 Å². The van der Waals surface area contributed by atoms with Crippen LogP contribution in [0.3, 0.4) is 0 Å². The van der Waals surface area contributed by atoms with E-state index >= 15 is 0 Å². The van der Waals surface area contributed by atoms with Gasteiger partial charge in [-0.05, 0) is 36.6 Å². The summed E-state index contributed by atoms with van der Waals surface area (Å²) in [7, 11) is 3.18. The third kappa shape index (κ3) is 3.91. The van der Waals surface area contributed by atoms with Gasteiger partial charge in [-0.15, -0.1) is 0 Å². The van der Waals surface area contributed by atoms with E-state index in [2.05, 4.69) is 10.6 Å². The average Bonchev–Trinajstić information content (AvgIpc) is 2.74. The van der Waals surface area contributed by atoms with Gasteiger partial charge in [-0.3, -0.25) is 14.4 Å². The first-order valence-electron chi connectivity index (χ1n) is 9.71. The van der Waals surface area contributed by atoms with E-state index in [-0.39, 0.29) is 40.3 Å². The molecule has 0 saturated carbocycles. The Kier molecular flexibility index (Phi) is 5.91. The molecule has 0 spiro atoms. The van der Waals surface area contributed by atoms with Crippen LogP contribution in [0.1, 0.15) is 40.9 Å². The number of amides is 1. The van der Waals surface area contributed by atoms with E-state index in [1.807, 2.05) is 37.3 Å².